The molecule has 0 bridgehead atoms. The molecule has 0 aliphatic carbocycles. The Morgan fingerprint density at radius 2 is 1.42 bits per heavy atom. The monoisotopic (exact) mass is 327 g/mol. The van der Waals surface area contributed by atoms with Crippen molar-refractivity contribution < 1.29 is 0 Å². The molecule has 0 fully saturated rings. The van der Waals surface area contributed by atoms with E-state index in [1.807, 2.05) is 12.1 Å². The van der Waals surface area contributed by atoms with Crippen molar-refractivity contribution in [2.75, 3.05) is 0 Å². The van der Waals surface area contributed by atoms with E-state index in [0.29, 0.717) is 0 Å². The van der Waals surface area contributed by atoms with E-state index in [4.69, 9.17) is 16.4 Å². The van der Waals surface area contributed by atoms with E-state index < -0.39 is 16.1 Å². The summed E-state index contributed by atoms with van der Waals surface area (Å²) < 4.78 is 4.90. The molecule has 1 heterocycles. The summed E-state index contributed by atoms with van der Waals surface area (Å²) in [5.74, 6) is 0. The van der Waals surface area contributed by atoms with Crippen LogP contribution in [0.15, 0.2) is 29.0 Å². The maximum Gasteiger partial charge on any atom is 0.0921 e. The van der Waals surface area contributed by atoms with E-state index in [-0.39, 0.29) is 8.07 Å². The minimum Gasteiger partial charge on any atom is -0.253 e. The average Bonchev–Trinajstić information content (AvgIpc) is 2.94. The quantitative estimate of drug-likeness (QED) is 0.502. The van der Waals surface area contributed by atoms with Crippen molar-refractivity contribution in [1.82, 2.24) is 0 Å². The predicted octanol–water partition coefficient (Wildman–Crippen LogP) is 5.62. The van der Waals surface area contributed by atoms with E-state index in [1.165, 1.54) is 11.0 Å². The molecule has 5 heteroatoms. The number of hydrogen-bond acceptors (Lipinski definition) is 1. The van der Waals surface area contributed by atoms with Crippen molar-refractivity contribution >= 4 is 41.3 Å². The summed E-state index contributed by atoms with van der Waals surface area (Å²) in [6.07, 6.45) is 0. The normalized spacial score (nSPS) is 19.6. The molecule has 0 amide bonds. The fraction of sp³-hybridized carbons (Fsp3) is 0.500. The molecule has 2 rings (SSSR count). The maximum absolute atomic E-state index is 5.96. The van der Waals surface area contributed by atoms with Crippen molar-refractivity contribution in [1.29, 1.82) is 0 Å². The fourth-order valence-electron chi connectivity index (χ4n) is 3.08. The molecule has 1 nitrogen and oxygen atoms in total. The molecule has 19 heavy (non-hydrogen) atoms. The first kappa shape index (κ1) is 15.4. The van der Waals surface area contributed by atoms with Gasteiger partial charge >= 0.3 is 0 Å². The van der Waals surface area contributed by atoms with Crippen LogP contribution in [0, 0.1) is 0 Å². The van der Waals surface area contributed by atoms with E-state index in [0.717, 1.165) is 9.93 Å². The van der Waals surface area contributed by atoms with Gasteiger partial charge in [-0.25, -0.2) is 0 Å². The lowest BCUT2D eigenvalue weighted by Gasteiger charge is -2.37. The van der Waals surface area contributed by atoms with Crippen LogP contribution in [0.3, 0.4) is 0 Å². The average molecular weight is 328 g/mol. The number of benzene rings is 1. The number of nitrogens with zero attached hydrogens (tertiary/aromatic N) is 1. The van der Waals surface area contributed by atoms with Crippen molar-refractivity contribution in [3.05, 3.63) is 34.9 Å². The second-order valence-electron chi connectivity index (χ2n) is 7.41. The van der Waals surface area contributed by atoms with Crippen LogP contribution in [0.5, 0.6) is 0 Å². The highest BCUT2D eigenvalue weighted by Gasteiger charge is 2.49. The number of rotatable bonds is 4. The summed E-state index contributed by atoms with van der Waals surface area (Å²) in [7, 11) is -2.53. The van der Waals surface area contributed by atoms with Crippen molar-refractivity contribution in [2.45, 2.75) is 44.2 Å². The molecule has 0 radical (unpaired) electrons. The molecule has 1 aromatic rings. The third kappa shape index (κ3) is 3.58. The Bertz CT molecular complexity index is 486. The predicted molar refractivity (Wildman–Crippen MR) is 95.4 cm³/mol. The minimum atomic E-state index is -1.16. The summed E-state index contributed by atoms with van der Waals surface area (Å²) in [5.41, 5.74) is 2.67. The van der Waals surface area contributed by atoms with Gasteiger partial charge in [-0.05, 0) is 17.0 Å². The third-order valence-electron chi connectivity index (χ3n) is 3.37. The van der Waals surface area contributed by atoms with E-state index >= 15 is 0 Å². The van der Waals surface area contributed by atoms with E-state index in [2.05, 4.69) is 51.4 Å². The number of hydrogen-bond donors (Lipinski definition) is 0. The largest absolute Gasteiger partial charge is 0.253 e. The van der Waals surface area contributed by atoms with Gasteiger partial charge in [-0.15, -0.1) is 0 Å². The highest BCUT2D eigenvalue weighted by molar-refractivity contribution is 7.87. The van der Waals surface area contributed by atoms with Gasteiger partial charge in [-0.2, -0.15) is 0 Å². The molecule has 1 aliphatic heterocycles. The van der Waals surface area contributed by atoms with Gasteiger partial charge in [0.2, 0.25) is 0 Å². The van der Waals surface area contributed by atoms with Gasteiger partial charge in [-0.3, -0.25) is 4.76 Å². The Kier molecular flexibility index (Phi) is 4.15. The van der Waals surface area contributed by atoms with Gasteiger partial charge in [-0.1, -0.05) is 63.0 Å². The summed E-state index contributed by atoms with van der Waals surface area (Å²) >= 11 is 5.96. The molecule has 1 unspecified atom stereocenters. The molecular weight excluding hydrogens is 305 g/mol. The van der Waals surface area contributed by atoms with Gasteiger partial charge in [0.1, 0.15) is 0 Å². The summed E-state index contributed by atoms with van der Waals surface area (Å²) in [4.78, 5) is 0.890. The summed E-state index contributed by atoms with van der Waals surface area (Å²) in [6.45, 7) is 15.0. The summed E-state index contributed by atoms with van der Waals surface area (Å²) in [5, 5.41) is 0.807. The van der Waals surface area contributed by atoms with Gasteiger partial charge in [0, 0.05) is 10.6 Å². The Hall–Kier alpha value is 0.0438. The van der Waals surface area contributed by atoms with Crippen LogP contribution >= 0.6 is 19.7 Å². The smallest absolute Gasteiger partial charge is 0.0921 e. The molecule has 104 valence electrons. The Labute approximate surface area is 125 Å². The zero-order chi connectivity index (χ0) is 14.4. The van der Waals surface area contributed by atoms with Gasteiger partial charge in [0.15, 0.2) is 0 Å². The van der Waals surface area contributed by atoms with Crippen molar-refractivity contribution in [3.63, 3.8) is 0 Å². The van der Waals surface area contributed by atoms with Gasteiger partial charge in [0.25, 0.3) is 0 Å². The van der Waals surface area contributed by atoms with Crippen molar-refractivity contribution in [2.24, 2.45) is 4.76 Å². The Morgan fingerprint density at radius 3 is 1.84 bits per heavy atom. The molecule has 0 N–H and O–H groups in total. The van der Waals surface area contributed by atoms with E-state index in [1.54, 1.807) is 0 Å². The Balaban J connectivity index is 2.20. The molecule has 1 atom stereocenters. The maximum atomic E-state index is 5.96. The molecule has 0 saturated heterocycles. The van der Waals surface area contributed by atoms with Crippen LogP contribution in [0.1, 0.15) is 5.56 Å². The number of halogens is 1. The van der Waals surface area contributed by atoms with Crippen LogP contribution in [-0.4, -0.2) is 26.5 Å². The first-order chi connectivity index (χ1) is 8.60. The lowest BCUT2D eigenvalue weighted by molar-refractivity contribution is 1.45. The van der Waals surface area contributed by atoms with Crippen LogP contribution in [-0.2, 0) is 0 Å². The fourth-order valence-corrected chi connectivity index (χ4v) is 21.8. The first-order valence-corrected chi connectivity index (χ1v) is 15.6. The zero-order valence-electron chi connectivity index (χ0n) is 12.7. The molecule has 1 aromatic carbocycles. The molecule has 0 aromatic heterocycles. The topological polar surface area (TPSA) is 12.4 Å². The standard InChI is InChI=1S/C14H23ClNPSi2/c1-18(2,3)14(19(4,5)6)17-13(16-17)11-7-9-12(15)10-8-11/h7-10,14H,1-6H3. The van der Waals surface area contributed by atoms with Crippen LogP contribution in [0.25, 0.3) is 0 Å². The summed E-state index contributed by atoms with van der Waals surface area (Å²) in [6, 6.07) is 8.19. The minimum absolute atomic E-state index is 0.217. The third-order valence-corrected chi connectivity index (χ3v) is 19.7. The molecule has 0 spiro atoms. The lowest BCUT2D eigenvalue weighted by atomic mass is 10.2. The highest BCUT2D eigenvalue weighted by atomic mass is 35.5. The lowest BCUT2D eigenvalue weighted by Crippen LogP contribution is -2.51. The molecule has 1 aliphatic rings. The van der Waals surface area contributed by atoms with Crippen LogP contribution < -0.4 is 0 Å². The van der Waals surface area contributed by atoms with Crippen LogP contribution in [0.4, 0.5) is 0 Å². The second-order valence-corrected chi connectivity index (χ2v) is 21.8. The van der Waals surface area contributed by atoms with Crippen molar-refractivity contribution in [3.8, 4) is 0 Å². The zero-order valence-corrected chi connectivity index (χ0v) is 16.3. The first-order valence-electron chi connectivity index (χ1n) is 6.74. The molecule has 0 saturated carbocycles. The Morgan fingerprint density at radius 1 is 0.947 bits per heavy atom. The van der Waals surface area contributed by atoms with E-state index in [9.17, 15) is 0 Å². The highest BCUT2D eigenvalue weighted by Crippen LogP contribution is 2.63. The second kappa shape index (κ2) is 5.10. The van der Waals surface area contributed by atoms with Gasteiger partial charge < -0.3 is 0 Å². The van der Waals surface area contributed by atoms with Gasteiger partial charge in [0.05, 0.1) is 29.7 Å². The van der Waals surface area contributed by atoms with Crippen LogP contribution in [0.2, 0.25) is 44.3 Å². The molecular formula is C14H23ClNPSi2. The SMILES string of the molecule is C[Si](C)(C)C(P1N=C1c1ccc(Cl)cc1)[Si](C)(C)C.